The van der Waals surface area contributed by atoms with Crippen molar-refractivity contribution >= 4 is 23.2 Å². The maximum atomic E-state index is 12.1. The molecule has 0 saturated heterocycles. The van der Waals surface area contributed by atoms with Crippen molar-refractivity contribution in [3.63, 3.8) is 0 Å². The summed E-state index contributed by atoms with van der Waals surface area (Å²) in [6, 6.07) is 4.42. The number of anilines is 2. The fourth-order valence-corrected chi connectivity index (χ4v) is 1.82. The molecule has 6 heteroatoms. The maximum absolute atomic E-state index is 12.1. The normalized spacial score (nSPS) is 13.2. The van der Waals surface area contributed by atoms with Crippen LogP contribution in [0.2, 0.25) is 0 Å². The van der Waals surface area contributed by atoms with Gasteiger partial charge >= 0.3 is 0 Å². The van der Waals surface area contributed by atoms with Crippen molar-refractivity contribution in [3.8, 4) is 5.75 Å². The second-order valence-electron chi connectivity index (χ2n) is 5.00. The van der Waals surface area contributed by atoms with Gasteiger partial charge in [-0.15, -0.1) is 0 Å². The van der Waals surface area contributed by atoms with Gasteiger partial charge in [-0.25, -0.2) is 0 Å². The van der Waals surface area contributed by atoms with Crippen molar-refractivity contribution in [2.75, 3.05) is 17.7 Å². The maximum Gasteiger partial charge on any atom is 0.241 e. The molecule has 116 valence electrons. The number of hydrogen-bond donors (Lipinski definition) is 3. The van der Waals surface area contributed by atoms with E-state index < -0.39 is 6.04 Å². The molecule has 0 aromatic heterocycles. The molecule has 2 amide bonds. The van der Waals surface area contributed by atoms with E-state index in [9.17, 15) is 9.59 Å². The van der Waals surface area contributed by atoms with E-state index in [1.807, 2.05) is 13.8 Å². The third kappa shape index (κ3) is 4.75. The highest BCUT2D eigenvalue weighted by Crippen LogP contribution is 2.28. The Hall–Kier alpha value is -2.08. The molecule has 6 nitrogen and oxygen atoms in total. The van der Waals surface area contributed by atoms with Crippen molar-refractivity contribution in [1.29, 1.82) is 0 Å². The summed E-state index contributed by atoms with van der Waals surface area (Å²) < 4.78 is 5.20. The molecule has 1 aromatic carbocycles. The fourth-order valence-electron chi connectivity index (χ4n) is 1.82. The Morgan fingerprint density at radius 1 is 1.33 bits per heavy atom. The minimum absolute atomic E-state index is 0.0783. The number of carbonyl (C=O) groups excluding carboxylic acids is 2. The van der Waals surface area contributed by atoms with Crippen LogP contribution in [0, 0.1) is 5.92 Å². The Morgan fingerprint density at radius 3 is 2.52 bits per heavy atom. The minimum atomic E-state index is -0.593. The molecule has 0 fully saturated rings. The summed E-state index contributed by atoms with van der Waals surface area (Å²) in [7, 11) is 1.51. The van der Waals surface area contributed by atoms with Gasteiger partial charge in [0, 0.05) is 12.6 Å². The van der Waals surface area contributed by atoms with Crippen molar-refractivity contribution in [2.24, 2.45) is 11.7 Å². The molecule has 0 heterocycles. The van der Waals surface area contributed by atoms with E-state index >= 15 is 0 Å². The van der Waals surface area contributed by atoms with Gasteiger partial charge in [0.05, 0.1) is 18.8 Å². The average molecular weight is 293 g/mol. The van der Waals surface area contributed by atoms with E-state index in [2.05, 4.69) is 10.6 Å². The van der Waals surface area contributed by atoms with E-state index in [1.54, 1.807) is 18.2 Å². The van der Waals surface area contributed by atoms with E-state index in [-0.39, 0.29) is 17.7 Å². The predicted octanol–water partition coefficient (Wildman–Crippen LogP) is 1.97. The number of hydrogen-bond acceptors (Lipinski definition) is 4. The summed E-state index contributed by atoms with van der Waals surface area (Å²) in [5, 5.41) is 5.41. The van der Waals surface area contributed by atoms with Crippen molar-refractivity contribution in [1.82, 2.24) is 0 Å². The molecule has 0 aliphatic heterocycles. The van der Waals surface area contributed by atoms with Crippen LogP contribution in [0.5, 0.6) is 5.75 Å². The SMILES string of the molecule is CCC(C)C(N)C(=O)Nc1cc(NC(C)=O)ccc1OC. The molecule has 0 spiro atoms. The summed E-state index contributed by atoms with van der Waals surface area (Å²) in [4.78, 5) is 23.2. The van der Waals surface area contributed by atoms with E-state index in [0.29, 0.717) is 17.1 Å². The Kier molecular flexibility index (Phi) is 6.17. The second-order valence-corrected chi connectivity index (χ2v) is 5.00. The Bertz CT molecular complexity index is 517. The highest BCUT2D eigenvalue weighted by atomic mass is 16.5. The number of nitrogens with two attached hydrogens (primary N) is 1. The van der Waals surface area contributed by atoms with E-state index in [1.165, 1.54) is 14.0 Å². The van der Waals surface area contributed by atoms with Crippen LogP contribution < -0.4 is 21.1 Å². The lowest BCUT2D eigenvalue weighted by Crippen LogP contribution is -2.40. The first-order valence-corrected chi connectivity index (χ1v) is 6.91. The van der Waals surface area contributed by atoms with Gasteiger partial charge in [0.25, 0.3) is 0 Å². The molecule has 1 aromatic rings. The molecular formula is C15H23N3O3. The molecule has 0 bridgehead atoms. The summed E-state index contributed by atoms with van der Waals surface area (Å²) >= 11 is 0. The molecule has 0 aliphatic rings. The van der Waals surface area contributed by atoms with Crippen molar-refractivity contribution in [2.45, 2.75) is 33.2 Å². The van der Waals surface area contributed by atoms with Crippen LogP contribution >= 0.6 is 0 Å². The quantitative estimate of drug-likeness (QED) is 0.747. The third-order valence-electron chi connectivity index (χ3n) is 3.34. The second kappa shape index (κ2) is 7.64. The third-order valence-corrected chi connectivity index (χ3v) is 3.34. The number of methoxy groups -OCH3 is 1. The summed E-state index contributed by atoms with van der Waals surface area (Å²) in [6.07, 6.45) is 0.817. The molecule has 2 unspecified atom stereocenters. The standard InChI is InChI=1S/C15H23N3O3/c1-5-9(2)14(16)15(20)18-12-8-11(17-10(3)19)6-7-13(12)21-4/h6-9,14H,5,16H2,1-4H3,(H,17,19)(H,18,20). The molecule has 1 rings (SSSR count). The lowest BCUT2D eigenvalue weighted by atomic mass is 9.99. The topological polar surface area (TPSA) is 93.5 Å². The van der Waals surface area contributed by atoms with Crippen LogP contribution in [-0.4, -0.2) is 25.0 Å². The number of carbonyl (C=O) groups is 2. The van der Waals surface area contributed by atoms with Crippen LogP contribution in [0.4, 0.5) is 11.4 Å². The average Bonchev–Trinajstić information content (AvgIpc) is 2.45. The van der Waals surface area contributed by atoms with Crippen LogP contribution in [-0.2, 0) is 9.59 Å². The first-order chi connectivity index (χ1) is 9.88. The largest absolute Gasteiger partial charge is 0.495 e. The molecule has 4 N–H and O–H groups in total. The number of ether oxygens (including phenoxy) is 1. The highest BCUT2D eigenvalue weighted by molar-refractivity contribution is 5.97. The summed E-state index contributed by atoms with van der Waals surface area (Å²) in [5.41, 5.74) is 6.97. The van der Waals surface area contributed by atoms with E-state index in [0.717, 1.165) is 6.42 Å². The molecule has 21 heavy (non-hydrogen) atoms. The fraction of sp³-hybridized carbons (Fsp3) is 0.467. The predicted molar refractivity (Wildman–Crippen MR) is 83.4 cm³/mol. The van der Waals surface area contributed by atoms with Crippen LogP contribution in [0.15, 0.2) is 18.2 Å². The van der Waals surface area contributed by atoms with Gasteiger partial charge in [0.2, 0.25) is 11.8 Å². The van der Waals surface area contributed by atoms with Gasteiger partial charge in [-0.3, -0.25) is 9.59 Å². The van der Waals surface area contributed by atoms with Gasteiger partial charge in [0.1, 0.15) is 5.75 Å². The lowest BCUT2D eigenvalue weighted by molar-refractivity contribution is -0.118. The monoisotopic (exact) mass is 293 g/mol. The van der Waals surface area contributed by atoms with Crippen LogP contribution in [0.3, 0.4) is 0 Å². The van der Waals surface area contributed by atoms with Crippen molar-refractivity contribution < 1.29 is 14.3 Å². The van der Waals surface area contributed by atoms with Gasteiger partial charge in [0.15, 0.2) is 0 Å². The first kappa shape index (κ1) is 17.0. The summed E-state index contributed by atoms with van der Waals surface area (Å²) in [6.45, 7) is 5.33. The Labute approximate surface area is 125 Å². The highest BCUT2D eigenvalue weighted by Gasteiger charge is 2.20. The number of rotatable bonds is 6. The number of benzene rings is 1. The van der Waals surface area contributed by atoms with Crippen LogP contribution in [0.25, 0.3) is 0 Å². The zero-order chi connectivity index (χ0) is 16.0. The van der Waals surface area contributed by atoms with Crippen LogP contribution in [0.1, 0.15) is 27.2 Å². The molecule has 2 atom stereocenters. The smallest absolute Gasteiger partial charge is 0.241 e. The minimum Gasteiger partial charge on any atom is -0.495 e. The van der Waals surface area contributed by atoms with Gasteiger partial charge < -0.3 is 21.1 Å². The zero-order valence-electron chi connectivity index (χ0n) is 12.9. The molecule has 0 radical (unpaired) electrons. The van der Waals surface area contributed by atoms with Gasteiger partial charge in [-0.2, -0.15) is 0 Å². The van der Waals surface area contributed by atoms with Gasteiger partial charge in [-0.1, -0.05) is 20.3 Å². The van der Waals surface area contributed by atoms with Crippen molar-refractivity contribution in [3.05, 3.63) is 18.2 Å². The Balaban J connectivity index is 2.94. The zero-order valence-corrected chi connectivity index (χ0v) is 12.9. The summed E-state index contributed by atoms with van der Waals surface area (Å²) in [5.74, 6) is 0.125. The molecular weight excluding hydrogens is 270 g/mol. The van der Waals surface area contributed by atoms with Gasteiger partial charge in [-0.05, 0) is 24.1 Å². The molecule has 0 aliphatic carbocycles. The number of amides is 2. The number of nitrogens with one attached hydrogen (secondary N) is 2. The first-order valence-electron chi connectivity index (χ1n) is 6.91. The lowest BCUT2D eigenvalue weighted by Gasteiger charge is -2.19. The molecule has 0 saturated carbocycles. The van der Waals surface area contributed by atoms with E-state index in [4.69, 9.17) is 10.5 Å². The Morgan fingerprint density at radius 2 is 2.00 bits per heavy atom.